The normalized spacial score (nSPS) is 21.2. The van der Waals surface area contributed by atoms with Crippen molar-refractivity contribution in [3.8, 4) is 0 Å². The van der Waals surface area contributed by atoms with Gasteiger partial charge >= 0.3 is 0 Å². The number of rotatable bonds is 6. The zero-order chi connectivity index (χ0) is 14.1. The Bertz CT molecular complexity index is 293. The maximum Gasteiger partial charge on any atom is 0.193 e. The summed E-state index contributed by atoms with van der Waals surface area (Å²) in [6.07, 6.45) is 4.34. The first-order valence-corrected chi connectivity index (χ1v) is 7.00. The van der Waals surface area contributed by atoms with Crippen molar-refractivity contribution in [2.45, 2.75) is 18.9 Å². The quantitative estimate of drug-likeness (QED) is 0.335. The highest BCUT2D eigenvalue weighted by Gasteiger charge is 2.18. The summed E-state index contributed by atoms with van der Waals surface area (Å²) in [6.45, 7) is 8.35. The molecule has 1 N–H and O–H groups in total. The van der Waals surface area contributed by atoms with Gasteiger partial charge in [-0.15, -0.1) is 6.58 Å². The van der Waals surface area contributed by atoms with Crippen LogP contribution < -0.4 is 5.32 Å². The summed E-state index contributed by atoms with van der Waals surface area (Å²) in [7, 11) is 6.01. The summed E-state index contributed by atoms with van der Waals surface area (Å²) >= 11 is 0. The van der Waals surface area contributed by atoms with Crippen molar-refractivity contribution < 1.29 is 4.74 Å². The molecule has 110 valence electrons. The van der Waals surface area contributed by atoms with E-state index in [1.807, 2.05) is 13.1 Å². The molecule has 1 aliphatic heterocycles. The van der Waals surface area contributed by atoms with Gasteiger partial charge in [-0.25, -0.2) is 0 Å². The van der Waals surface area contributed by atoms with Crippen molar-refractivity contribution in [3.63, 3.8) is 0 Å². The molecule has 0 amide bonds. The van der Waals surface area contributed by atoms with Crippen LogP contribution in [0, 0.1) is 0 Å². The van der Waals surface area contributed by atoms with Gasteiger partial charge in [0.15, 0.2) is 5.96 Å². The molecule has 19 heavy (non-hydrogen) atoms. The summed E-state index contributed by atoms with van der Waals surface area (Å²) in [5.74, 6) is 0.931. The number of likely N-dealkylation sites (N-methyl/N-ethyl adjacent to an activating group) is 1. The van der Waals surface area contributed by atoms with Crippen LogP contribution in [0.25, 0.3) is 0 Å². The lowest BCUT2D eigenvalue weighted by Crippen LogP contribution is -2.48. The van der Waals surface area contributed by atoms with Gasteiger partial charge in [0, 0.05) is 40.3 Å². The summed E-state index contributed by atoms with van der Waals surface area (Å²) in [5, 5.41) is 3.38. The van der Waals surface area contributed by atoms with E-state index in [9.17, 15) is 0 Å². The Morgan fingerprint density at radius 2 is 2.42 bits per heavy atom. The third kappa shape index (κ3) is 6.07. The van der Waals surface area contributed by atoms with Crippen molar-refractivity contribution in [1.29, 1.82) is 0 Å². The van der Waals surface area contributed by atoms with Crippen LogP contribution in [0.3, 0.4) is 0 Å². The number of unbranched alkanes of at least 4 members (excludes halogenated alkanes) is 1. The second-order valence-electron chi connectivity index (χ2n) is 5.04. The number of allylic oxidation sites excluding steroid dienone is 1. The Morgan fingerprint density at radius 1 is 1.63 bits per heavy atom. The van der Waals surface area contributed by atoms with Crippen LogP contribution in [0.4, 0.5) is 0 Å². The van der Waals surface area contributed by atoms with Gasteiger partial charge in [-0.2, -0.15) is 0 Å². The Hall–Kier alpha value is -1.07. The molecule has 1 atom stereocenters. The van der Waals surface area contributed by atoms with Gasteiger partial charge in [-0.1, -0.05) is 6.08 Å². The molecule has 0 saturated carbocycles. The minimum absolute atomic E-state index is 0.247. The summed E-state index contributed by atoms with van der Waals surface area (Å²) in [6, 6.07) is 0. The fourth-order valence-corrected chi connectivity index (χ4v) is 2.16. The zero-order valence-corrected chi connectivity index (χ0v) is 12.6. The predicted molar refractivity (Wildman–Crippen MR) is 80.7 cm³/mol. The van der Waals surface area contributed by atoms with Crippen LogP contribution in [-0.2, 0) is 4.74 Å². The lowest BCUT2D eigenvalue weighted by atomic mass is 10.3. The summed E-state index contributed by atoms with van der Waals surface area (Å²) < 4.78 is 5.73. The molecule has 0 radical (unpaired) electrons. The first-order chi connectivity index (χ1) is 9.17. The number of ether oxygens (including phenoxy) is 1. The molecular formula is C14H28N4O. The third-order valence-electron chi connectivity index (χ3n) is 3.30. The molecule has 1 unspecified atom stereocenters. The Balaban J connectivity index is 2.29. The van der Waals surface area contributed by atoms with Crippen LogP contribution >= 0.6 is 0 Å². The number of hydrogen-bond acceptors (Lipinski definition) is 3. The van der Waals surface area contributed by atoms with Gasteiger partial charge in [0.25, 0.3) is 0 Å². The predicted octanol–water partition coefficient (Wildman–Crippen LogP) is 0.790. The van der Waals surface area contributed by atoms with E-state index < -0.39 is 0 Å². The van der Waals surface area contributed by atoms with E-state index in [2.05, 4.69) is 40.8 Å². The Labute approximate surface area is 117 Å². The van der Waals surface area contributed by atoms with E-state index in [0.717, 1.165) is 51.6 Å². The van der Waals surface area contributed by atoms with E-state index in [0.29, 0.717) is 0 Å². The monoisotopic (exact) mass is 268 g/mol. The smallest absolute Gasteiger partial charge is 0.193 e. The summed E-state index contributed by atoms with van der Waals surface area (Å²) in [5.41, 5.74) is 0. The SMILES string of the molecule is C=CCCCN(C)C(=NC)NCC1CN(C)CCO1. The molecule has 5 nitrogen and oxygen atoms in total. The average molecular weight is 268 g/mol. The second kappa shape index (κ2) is 8.93. The molecule has 0 bridgehead atoms. The first kappa shape index (κ1) is 16.0. The molecule has 0 aromatic rings. The maximum absolute atomic E-state index is 5.73. The number of nitrogens with one attached hydrogen (secondary N) is 1. The van der Waals surface area contributed by atoms with Gasteiger partial charge in [-0.05, 0) is 19.9 Å². The third-order valence-corrected chi connectivity index (χ3v) is 3.30. The highest BCUT2D eigenvalue weighted by Crippen LogP contribution is 2.02. The zero-order valence-electron chi connectivity index (χ0n) is 12.6. The standard InChI is InChI=1S/C14H28N4O/c1-5-6-7-8-18(4)14(15-2)16-11-13-12-17(3)9-10-19-13/h5,13H,1,6-12H2,2-4H3,(H,15,16). The Morgan fingerprint density at radius 3 is 3.05 bits per heavy atom. The average Bonchev–Trinajstić information content (AvgIpc) is 2.40. The van der Waals surface area contributed by atoms with Gasteiger partial charge in [0.05, 0.1) is 12.7 Å². The van der Waals surface area contributed by atoms with Gasteiger partial charge < -0.3 is 19.9 Å². The molecule has 5 heteroatoms. The van der Waals surface area contributed by atoms with E-state index in [1.54, 1.807) is 0 Å². The molecule has 1 aliphatic rings. The highest BCUT2D eigenvalue weighted by atomic mass is 16.5. The highest BCUT2D eigenvalue weighted by molar-refractivity contribution is 5.79. The maximum atomic E-state index is 5.73. The lowest BCUT2D eigenvalue weighted by molar-refractivity contribution is -0.0163. The molecule has 1 saturated heterocycles. The van der Waals surface area contributed by atoms with Crippen molar-refractivity contribution in [3.05, 3.63) is 12.7 Å². The second-order valence-corrected chi connectivity index (χ2v) is 5.04. The van der Waals surface area contributed by atoms with E-state index in [1.165, 1.54) is 0 Å². The number of morpholine rings is 1. The number of nitrogens with zero attached hydrogens (tertiary/aromatic N) is 3. The van der Waals surface area contributed by atoms with Crippen LogP contribution in [0.15, 0.2) is 17.6 Å². The van der Waals surface area contributed by atoms with Crippen LogP contribution in [0.5, 0.6) is 0 Å². The lowest BCUT2D eigenvalue weighted by Gasteiger charge is -2.31. The van der Waals surface area contributed by atoms with Crippen molar-refractivity contribution in [2.75, 3.05) is 53.9 Å². The molecule has 1 heterocycles. The van der Waals surface area contributed by atoms with E-state index >= 15 is 0 Å². The molecule has 0 aliphatic carbocycles. The minimum Gasteiger partial charge on any atom is -0.374 e. The molecule has 0 aromatic carbocycles. The van der Waals surface area contributed by atoms with Gasteiger partial charge in [0.1, 0.15) is 0 Å². The minimum atomic E-state index is 0.247. The van der Waals surface area contributed by atoms with Crippen LogP contribution in [-0.4, -0.2) is 75.8 Å². The van der Waals surface area contributed by atoms with Crippen LogP contribution in [0.1, 0.15) is 12.8 Å². The fraction of sp³-hybridized carbons (Fsp3) is 0.786. The number of aliphatic imine (C=N–C) groups is 1. The molecule has 0 spiro atoms. The Kier molecular flexibility index (Phi) is 7.52. The van der Waals surface area contributed by atoms with Crippen molar-refractivity contribution in [1.82, 2.24) is 15.1 Å². The van der Waals surface area contributed by atoms with Crippen molar-refractivity contribution in [2.24, 2.45) is 4.99 Å². The molecule has 0 aromatic heterocycles. The molecule has 1 fully saturated rings. The fourth-order valence-electron chi connectivity index (χ4n) is 2.16. The molecular weight excluding hydrogens is 240 g/mol. The van der Waals surface area contributed by atoms with Crippen molar-refractivity contribution >= 4 is 5.96 Å². The van der Waals surface area contributed by atoms with Gasteiger partial charge in [-0.3, -0.25) is 4.99 Å². The molecule has 1 rings (SSSR count). The first-order valence-electron chi connectivity index (χ1n) is 7.00. The van der Waals surface area contributed by atoms with Crippen LogP contribution in [0.2, 0.25) is 0 Å². The number of guanidine groups is 1. The largest absolute Gasteiger partial charge is 0.374 e. The van der Waals surface area contributed by atoms with E-state index in [4.69, 9.17) is 4.74 Å². The number of hydrogen-bond donors (Lipinski definition) is 1. The summed E-state index contributed by atoms with van der Waals surface area (Å²) in [4.78, 5) is 8.75. The van der Waals surface area contributed by atoms with E-state index in [-0.39, 0.29) is 6.10 Å². The topological polar surface area (TPSA) is 40.1 Å². The van der Waals surface area contributed by atoms with Gasteiger partial charge in [0.2, 0.25) is 0 Å².